The molecule has 110 valence electrons. The van der Waals surface area contributed by atoms with Crippen molar-refractivity contribution in [3.05, 3.63) is 18.6 Å². The Hall–Kier alpha value is -1.86. The summed E-state index contributed by atoms with van der Waals surface area (Å²) < 4.78 is 6.87. The molecule has 0 fully saturated rings. The molecule has 0 spiro atoms. The first kappa shape index (κ1) is 14.5. The van der Waals surface area contributed by atoms with Gasteiger partial charge in [-0.1, -0.05) is 0 Å². The summed E-state index contributed by atoms with van der Waals surface area (Å²) >= 11 is 0. The molecular weight excluding hydrogens is 258 g/mol. The number of methoxy groups -OCH3 is 1. The fourth-order valence-corrected chi connectivity index (χ4v) is 1.86. The molecule has 2 rings (SSSR count). The van der Waals surface area contributed by atoms with Crippen LogP contribution in [0.4, 0.5) is 11.6 Å². The van der Waals surface area contributed by atoms with E-state index in [1.54, 1.807) is 20.2 Å². The van der Waals surface area contributed by atoms with Gasteiger partial charge >= 0.3 is 0 Å². The molecule has 1 atom stereocenters. The Morgan fingerprint density at radius 2 is 2.30 bits per heavy atom. The number of anilines is 2. The predicted molar refractivity (Wildman–Crippen MR) is 78.1 cm³/mol. The number of aliphatic hydroxyl groups is 1. The van der Waals surface area contributed by atoms with Crippen molar-refractivity contribution in [3.8, 4) is 0 Å². The molecule has 0 saturated carbocycles. The Balaban J connectivity index is 2.14. The number of imidazole rings is 1. The van der Waals surface area contributed by atoms with Crippen LogP contribution in [0.5, 0.6) is 0 Å². The van der Waals surface area contributed by atoms with E-state index < -0.39 is 5.60 Å². The minimum absolute atomic E-state index is 0.374. The Bertz CT molecular complexity index is 567. The first-order valence-electron chi connectivity index (χ1n) is 6.52. The molecule has 7 heteroatoms. The molecule has 0 aromatic carbocycles. The largest absolute Gasteiger partial charge is 0.388 e. The number of nitrogens with zero attached hydrogens (tertiary/aromatic N) is 3. The van der Waals surface area contributed by atoms with Gasteiger partial charge in [0.15, 0.2) is 11.5 Å². The fourth-order valence-electron chi connectivity index (χ4n) is 1.86. The van der Waals surface area contributed by atoms with Gasteiger partial charge < -0.3 is 24.9 Å². The third-order valence-corrected chi connectivity index (χ3v) is 3.11. The third-order valence-electron chi connectivity index (χ3n) is 3.11. The van der Waals surface area contributed by atoms with Gasteiger partial charge in [-0.25, -0.2) is 9.97 Å². The number of nitrogens with one attached hydrogen (secondary N) is 2. The van der Waals surface area contributed by atoms with Gasteiger partial charge in [-0.15, -0.1) is 0 Å². The molecule has 0 radical (unpaired) electrons. The highest BCUT2D eigenvalue weighted by molar-refractivity contribution is 5.65. The van der Waals surface area contributed by atoms with E-state index in [9.17, 15) is 5.11 Å². The van der Waals surface area contributed by atoms with Gasteiger partial charge in [0.05, 0.1) is 11.8 Å². The van der Waals surface area contributed by atoms with Crippen molar-refractivity contribution in [2.45, 2.75) is 18.9 Å². The number of hydrogen-bond acceptors (Lipinski definition) is 6. The summed E-state index contributed by atoms with van der Waals surface area (Å²) in [5.41, 5.74) is -0.136. The Morgan fingerprint density at radius 3 is 3.00 bits per heavy atom. The molecule has 2 aromatic heterocycles. The summed E-state index contributed by atoms with van der Waals surface area (Å²) in [4.78, 5) is 8.69. The zero-order valence-corrected chi connectivity index (χ0v) is 12.1. The minimum Gasteiger partial charge on any atom is -0.388 e. The average Bonchev–Trinajstić information content (AvgIpc) is 2.90. The SMILES string of the molecule is CNc1cn2ccnc2c(NCC(C)(O)CCOC)n1. The van der Waals surface area contributed by atoms with E-state index >= 15 is 0 Å². The summed E-state index contributed by atoms with van der Waals surface area (Å²) in [7, 11) is 3.43. The molecule has 2 aromatic rings. The van der Waals surface area contributed by atoms with Crippen molar-refractivity contribution in [2.24, 2.45) is 0 Å². The van der Waals surface area contributed by atoms with Crippen molar-refractivity contribution in [3.63, 3.8) is 0 Å². The number of hydrogen-bond donors (Lipinski definition) is 3. The lowest BCUT2D eigenvalue weighted by atomic mass is 10.0. The molecule has 0 aliphatic heterocycles. The lowest BCUT2D eigenvalue weighted by molar-refractivity contribution is 0.0357. The summed E-state index contributed by atoms with van der Waals surface area (Å²) in [5, 5.41) is 16.4. The Labute approximate surface area is 118 Å². The Kier molecular flexibility index (Phi) is 4.41. The summed E-state index contributed by atoms with van der Waals surface area (Å²) in [6.45, 7) is 2.65. The summed E-state index contributed by atoms with van der Waals surface area (Å²) in [5.74, 6) is 1.37. The second kappa shape index (κ2) is 6.06. The standard InChI is InChI=1S/C13H21N5O2/c1-13(19,4-7-20-3)9-16-11-12-15-5-6-18(12)8-10(14-2)17-11/h5-6,8,14,19H,4,7,9H2,1-3H3,(H,16,17). The fraction of sp³-hybridized carbons (Fsp3) is 0.538. The first-order chi connectivity index (χ1) is 9.55. The van der Waals surface area contributed by atoms with Gasteiger partial charge in [0, 0.05) is 46.1 Å². The van der Waals surface area contributed by atoms with Crippen LogP contribution in [-0.4, -0.2) is 52.4 Å². The van der Waals surface area contributed by atoms with Crippen LogP contribution in [0.3, 0.4) is 0 Å². The monoisotopic (exact) mass is 279 g/mol. The normalized spacial score (nSPS) is 14.2. The van der Waals surface area contributed by atoms with Gasteiger partial charge in [-0.05, 0) is 6.92 Å². The number of aromatic nitrogens is 3. The maximum absolute atomic E-state index is 10.2. The topological polar surface area (TPSA) is 83.7 Å². The van der Waals surface area contributed by atoms with Crippen LogP contribution in [0.2, 0.25) is 0 Å². The molecule has 0 aliphatic carbocycles. The zero-order valence-electron chi connectivity index (χ0n) is 12.1. The molecule has 7 nitrogen and oxygen atoms in total. The maximum atomic E-state index is 10.2. The van der Waals surface area contributed by atoms with Crippen LogP contribution >= 0.6 is 0 Å². The molecular formula is C13H21N5O2. The first-order valence-corrected chi connectivity index (χ1v) is 6.52. The van der Waals surface area contributed by atoms with E-state index in [1.807, 2.05) is 23.8 Å². The second-order valence-corrected chi connectivity index (χ2v) is 4.98. The van der Waals surface area contributed by atoms with Crippen LogP contribution in [-0.2, 0) is 4.74 Å². The highest BCUT2D eigenvalue weighted by Crippen LogP contribution is 2.18. The van der Waals surface area contributed by atoms with Gasteiger partial charge in [-0.2, -0.15) is 0 Å². The maximum Gasteiger partial charge on any atom is 0.180 e. The Morgan fingerprint density at radius 1 is 1.50 bits per heavy atom. The number of fused-ring (bicyclic) bond motifs is 1. The van der Waals surface area contributed by atoms with E-state index in [0.29, 0.717) is 25.4 Å². The minimum atomic E-state index is -0.864. The third kappa shape index (κ3) is 3.37. The lowest BCUT2D eigenvalue weighted by Crippen LogP contribution is -2.35. The van der Waals surface area contributed by atoms with Crippen LogP contribution in [0, 0.1) is 0 Å². The van der Waals surface area contributed by atoms with E-state index in [-0.39, 0.29) is 0 Å². The van der Waals surface area contributed by atoms with Crippen molar-refractivity contribution in [1.29, 1.82) is 0 Å². The zero-order chi connectivity index (χ0) is 14.6. The van der Waals surface area contributed by atoms with Crippen molar-refractivity contribution in [1.82, 2.24) is 14.4 Å². The summed E-state index contributed by atoms with van der Waals surface area (Å²) in [6.07, 6.45) is 5.97. The number of rotatable bonds is 7. The van der Waals surface area contributed by atoms with Gasteiger partial charge in [-0.3, -0.25) is 0 Å². The molecule has 20 heavy (non-hydrogen) atoms. The molecule has 0 bridgehead atoms. The molecule has 1 unspecified atom stereocenters. The van der Waals surface area contributed by atoms with Crippen LogP contribution < -0.4 is 10.6 Å². The second-order valence-electron chi connectivity index (χ2n) is 4.98. The average molecular weight is 279 g/mol. The molecule has 0 saturated heterocycles. The van der Waals surface area contributed by atoms with Crippen molar-refractivity contribution in [2.75, 3.05) is 37.9 Å². The van der Waals surface area contributed by atoms with Gasteiger partial charge in [0.25, 0.3) is 0 Å². The van der Waals surface area contributed by atoms with E-state index in [0.717, 1.165) is 11.5 Å². The smallest absolute Gasteiger partial charge is 0.180 e. The molecule has 2 heterocycles. The lowest BCUT2D eigenvalue weighted by Gasteiger charge is -2.23. The van der Waals surface area contributed by atoms with Gasteiger partial charge in [0.2, 0.25) is 0 Å². The van der Waals surface area contributed by atoms with Crippen LogP contribution in [0.1, 0.15) is 13.3 Å². The highest BCUT2D eigenvalue weighted by Gasteiger charge is 2.20. The highest BCUT2D eigenvalue weighted by atomic mass is 16.5. The quantitative estimate of drug-likeness (QED) is 0.700. The van der Waals surface area contributed by atoms with Gasteiger partial charge in [0.1, 0.15) is 5.82 Å². The predicted octanol–water partition coefficient (Wildman–Crippen LogP) is 0.970. The van der Waals surface area contributed by atoms with E-state index in [1.165, 1.54) is 0 Å². The molecule has 0 aliphatic rings. The van der Waals surface area contributed by atoms with Crippen LogP contribution in [0.25, 0.3) is 5.65 Å². The molecule has 3 N–H and O–H groups in total. The van der Waals surface area contributed by atoms with E-state index in [4.69, 9.17) is 4.74 Å². The van der Waals surface area contributed by atoms with Crippen LogP contribution in [0.15, 0.2) is 18.6 Å². The summed E-state index contributed by atoms with van der Waals surface area (Å²) in [6, 6.07) is 0. The molecule has 0 amide bonds. The number of ether oxygens (including phenoxy) is 1. The van der Waals surface area contributed by atoms with Crippen molar-refractivity contribution >= 4 is 17.3 Å². The van der Waals surface area contributed by atoms with E-state index in [2.05, 4.69) is 20.6 Å². The van der Waals surface area contributed by atoms with Crippen molar-refractivity contribution < 1.29 is 9.84 Å².